The molecular formula is C22H28N4O2S. The van der Waals surface area contributed by atoms with Crippen LogP contribution >= 0.6 is 11.3 Å². The van der Waals surface area contributed by atoms with E-state index >= 15 is 0 Å². The van der Waals surface area contributed by atoms with Crippen molar-refractivity contribution in [2.45, 2.75) is 31.7 Å². The Balaban J connectivity index is 1.84. The van der Waals surface area contributed by atoms with Crippen molar-refractivity contribution < 1.29 is 9.90 Å². The second-order valence-corrected chi connectivity index (χ2v) is 8.16. The van der Waals surface area contributed by atoms with Gasteiger partial charge in [-0.25, -0.2) is 4.98 Å². The number of carbonyl (C=O) groups is 1. The molecule has 7 heteroatoms. The molecule has 1 aliphatic rings. The van der Waals surface area contributed by atoms with Gasteiger partial charge in [0.15, 0.2) is 0 Å². The minimum absolute atomic E-state index is 0.0537. The van der Waals surface area contributed by atoms with Crippen molar-refractivity contribution in [2.24, 2.45) is 5.73 Å². The first-order valence-corrected chi connectivity index (χ1v) is 10.7. The molecule has 1 amide bonds. The second-order valence-electron chi connectivity index (χ2n) is 7.30. The van der Waals surface area contributed by atoms with Gasteiger partial charge >= 0.3 is 0 Å². The summed E-state index contributed by atoms with van der Waals surface area (Å²) in [5.74, 6) is 0.150. The molecular weight excluding hydrogens is 384 g/mol. The molecule has 1 atom stereocenters. The van der Waals surface area contributed by atoms with Gasteiger partial charge in [-0.1, -0.05) is 25.6 Å². The fourth-order valence-corrected chi connectivity index (χ4v) is 4.61. The van der Waals surface area contributed by atoms with Crippen LogP contribution in [0.15, 0.2) is 48.5 Å². The summed E-state index contributed by atoms with van der Waals surface area (Å²) < 4.78 is 0. The number of aromatic nitrogens is 1. The number of amides is 1. The van der Waals surface area contributed by atoms with Crippen LogP contribution in [0, 0.1) is 0 Å². The monoisotopic (exact) mass is 412 g/mol. The number of hydrogen-bond donors (Lipinski definition) is 2. The SMILES string of the molecule is C=C/C(=C\N(C)c1cccc(O)c1)c1nc(C(=O)N2CCCC2(CC)CN)cs1. The number of likely N-dealkylation sites (tertiary alicyclic amines) is 1. The van der Waals surface area contributed by atoms with Gasteiger partial charge in [0.25, 0.3) is 5.91 Å². The number of phenolic OH excluding ortho intramolecular Hbond substituents is 1. The highest BCUT2D eigenvalue weighted by molar-refractivity contribution is 7.11. The maximum absolute atomic E-state index is 13.1. The summed E-state index contributed by atoms with van der Waals surface area (Å²) in [6, 6.07) is 7.00. The van der Waals surface area contributed by atoms with Gasteiger partial charge < -0.3 is 20.6 Å². The number of benzene rings is 1. The first-order valence-electron chi connectivity index (χ1n) is 9.78. The Morgan fingerprint density at radius 1 is 1.52 bits per heavy atom. The summed E-state index contributed by atoms with van der Waals surface area (Å²) in [5, 5.41) is 12.2. The van der Waals surface area contributed by atoms with E-state index in [-0.39, 0.29) is 17.2 Å². The molecule has 0 aliphatic carbocycles. The first-order chi connectivity index (χ1) is 13.9. The van der Waals surface area contributed by atoms with Crippen molar-refractivity contribution in [2.75, 3.05) is 25.0 Å². The van der Waals surface area contributed by atoms with Crippen LogP contribution in [0.1, 0.15) is 41.7 Å². The van der Waals surface area contributed by atoms with Crippen LogP contribution in [-0.4, -0.2) is 46.6 Å². The third-order valence-corrected chi connectivity index (χ3v) is 6.53. The number of allylic oxidation sites excluding steroid dienone is 2. The number of thiazole rings is 1. The van der Waals surface area contributed by atoms with E-state index in [1.807, 2.05) is 29.1 Å². The molecule has 1 fully saturated rings. The van der Waals surface area contributed by atoms with Crippen LogP contribution in [0.4, 0.5) is 5.69 Å². The van der Waals surface area contributed by atoms with E-state index in [4.69, 9.17) is 5.73 Å². The fourth-order valence-electron chi connectivity index (χ4n) is 3.81. The number of anilines is 1. The third-order valence-electron chi connectivity index (χ3n) is 5.64. The third kappa shape index (κ3) is 4.21. The molecule has 3 N–H and O–H groups in total. The topological polar surface area (TPSA) is 82.7 Å². The molecule has 2 heterocycles. The van der Waals surface area contributed by atoms with E-state index in [9.17, 15) is 9.90 Å². The van der Waals surface area contributed by atoms with E-state index in [0.717, 1.165) is 42.1 Å². The van der Waals surface area contributed by atoms with Gasteiger partial charge in [0.2, 0.25) is 0 Å². The number of rotatable bonds is 7. The normalized spacial score (nSPS) is 19.4. The minimum atomic E-state index is -0.256. The van der Waals surface area contributed by atoms with Gasteiger partial charge in [-0.15, -0.1) is 11.3 Å². The first kappa shape index (κ1) is 21.1. The van der Waals surface area contributed by atoms with Crippen LogP contribution < -0.4 is 10.6 Å². The van der Waals surface area contributed by atoms with Crippen LogP contribution in [-0.2, 0) is 0 Å². The van der Waals surface area contributed by atoms with Crippen LogP contribution in [0.5, 0.6) is 5.75 Å². The zero-order valence-corrected chi connectivity index (χ0v) is 17.8. The summed E-state index contributed by atoms with van der Waals surface area (Å²) in [6.45, 7) is 7.17. The zero-order valence-electron chi connectivity index (χ0n) is 17.0. The lowest BCUT2D eigenvalue weighted by Gasteiger charge is -2.36. The minimum Gasteiger partial charge on any atom is -0.508 e. The summed E-state index contributed by atoms with van der Waals surface area (Å²) in [5.41, 5.74) is 7.86. The highest BCUT2D eigenvalue weighted by atomic mass is 32.1. The Labute approximate surface area is 176 Å². The molecule has 1 aliphatic heterocycles. The number of carbonyl (C=O) groups excluding carboxylic acids is 1. The van der Waals surface area contributed by atoms with E-state index < -0.39 is 0 Å². The average Bonchev–Trinajstić information content (AvgIpc) is 3.39. The number of aromatic hydroxyl groups is 1. The average molecular weight is 413 g/mol. The second kappa shape index (κ2) is 8.80. The summed E-state index contributed by atoms with van der Waals surface area (Å²) >= 11 is 1.42. The molecule has 3 rings (SSSR count). The molecule has 2 aromatic rings. The Bertz CT molecular complexity index is 917. The van der Waals surface area contributed by atoms with E-state index in [2.05, 4.69) is 18.5 Å². The highest BCUT2D eigenvalue weighted by Gasteiger charge is 2.41. The van der Waals surface area contributed by atoms with Gasteiger partial charge in [-0.3, -0.25) is 4.79 Å². The van der Waals surface area contributed by atoms with E-state index in [1.165, 1.54) is 11.3 Å². The molecule has 1 saturated heterocycles. The highest BCUT2D eigenvalue weighted by Crippen LogP contribution is 2.33. The number of hydrogen-bond acceptors (Lipinski definition) is 6. The summed E-state index contributed by atoms with van der Waals surface area (Å²) in [6.07, 6.45) is 6.37. The Hall–Kier alpha value is -2.64. The largest absolute Gasteiger partial charge is 0.508 e. The Kier molecular flexibility index (Phi) is 6.39. The lowest BCUT2D eigenvalue weighted by atomic mass is 9.93. The molecule has 1 aromatic carbocycles. The van der Waals surface area contributed by atoms with Gasteiger partial charge in [-0.05, 0) is 31.4 Å². The predicted molar refractivity (Wildman–Crippen MR) is 119 cm³/mol. The molecule has 6 nitrogen and oxygen atoms in total. The van der Waals surface area contributed by atoms with Crippen LogP contribution in [0.25, 0.3) is 5.57 Å². The van der Waals surface area contributed by atoms with Crippen LogP contribution in [0.2, 0.25) is 0 Å². The molecule has 1 unspecified atom stereocenters. The van der Waals surface area contributed by atoms with Crippen molar-refractivity contribution in [1.82, 2.24) is 9.88 Å². The lowest BCUT2D eigenvalue weighted by Crippen LogP contribution is -2.52. The van der Waals surface area contributed by atoms with Crippen molar-refractivity contribution in [3.05, 3.63) is 59.2 Å². The molecule has 29 heavy (non-hydrogen) atoms. The number of phenols is 1. The smallest absolute Gasteiger partial charge is 0.273 e. The van der Waals surface area contributed by atoms with Crippen LogP contribution in [0.3, 0.4) is 0 Å². The van der Waals surface area contributed by atoms with Gasteiger partial charge in [0, 0.05) is 49.0 Å². The summed E-state index contributed by atoms with van der Waals surface area (Å²) in [7, 11) is 1.89. The molecule has 1 aromatic heterocycles. The maximum Gasteiger partial charge on any atom is 0.273 e. The molecule has 0 bridgehead atoms. The lowest BCUT2D eigenvalue weighted by molar-refractivity contribution is 0.0593. The molecule has 154 valence electrons. The number of nitrogens with zero attached hydrogens (tertiary/aromatic N) is 3. The fraction of sp³-hybridized carbons (Fsp3) is 0.364. The Morgan fingerprint density at radius 3 is 2.97 bits per heavy atom. The number of nitrogens with two attached hydrogens (primary N) is 1. The standard InChI is InChI=1S/C22H28N4O2S/c1-4-16(13-25(3)17-8-6-9-18(27)12-17)20-24-19(14-29-20)21(28)26-11-7-10-22(26,5-2)15-23/h4,6,8-9,12-14,27H,1,5,7,10-11,15,23H2,2-3H3/b16-13+. The molecule has 0 saturated carbocycles. The predicted octanol–water partition coefficient (Wildman–Crippen LogP) is 3.86. The van der Waals surface area contributed by atoms with Crippen molar-refractivity contribution in [1.29, 1.82) is 0 Å². The summed E-state index contributed by atoms with van der Waals surface area (Å²) in [4.78, 5) is 21.5. The van der Waals surface area contributed by atoms with E-state index in [0.29, 0.717) is 12.2 Å². The zero-order chi connectivity index (χ0) is 21.0. The Morgan fingerprint density at radius 2 is 2.31 bits per heavy atom. The van der Waals surface area contributed by atoms with Crippen molar-refractivity contribution in [3.8, 4) is 5.75 Å². The quantitative estimate of drug-likeness (QED) is 0.675. The van der Waals surface area contributed by atoms with Crippen molar-refractivity contribution >= 4 is 28.5 Å². The molecule has 0 spiro atoms. The molecule has 0 radical (unpaired) electrons. The van der Waals surface area contributed by atoms with Gasteiger partial charge in [0.05, 0.1) is 5.54 Å². The van der Waals surface area contributed by atoms with Gasteiger partial charge in [-0.2, -0.15) is 0 Å². The van der Waals surface area contributed by atoms with Crippen molar-refractivity contribution in [3.63, 3.8) is 0 Å². The maximum atomic E-state index is 13.1. The van der Waals surface area contributed by atoms with Gasteiger partial charge in [0.1, 0.15) is 16.5 Å². The van der Waals surface area contributed by atoms with E-state index in [1.54, 1.807) is 29.7 Å².